The zero-order valence-electron chi connectivity index (χ0n) is 11.5. The summed E-state index contributed by atoms with van der Waals surface area (Å²) in [6.45, 7) is 0. The van der Waals surface area contributed by atoms with E-state index in [-0.39, 0.29) is 0 Å². The van der Waals surface area contributed by atoms with Crippen molar-refractivity contribution in [2.24, 2.45) is 4.99 Å². The molecule has 0 amide bonds. The quantitative estimate of drug-likeness (QED) is 0.726. The maximum Gasteiger partial charge on any atom is 0.134 e. The van der Waals surface area contributed by atoms with Gasteiger partial charge in [-0.05, 0) is 35.9 Å². The van der Waals surface area contributed by atoms with E-state index in [2.05, 4.69) is 17.1 Å². The normalized spacial score (nSPS) is 15.5. The third-order valence-electron chi connectivity index (χ3n) is 3.09. The number of para-hydroxylation sites is 2. The molecule has 3 rings (SSSR count). The number of hydrogen-bond donors (Lipinski definition) is 0. The van der Waals surface area contributed by atoms with Crippen LogP contribution in [0.3, 0.4) is 0 Å². The highest BCUT2D eigenvalue weighted by Crippen LogP contribution is 2.30. The van der Waals surface area contributed by atoms with E-state index < -0.39 is 0 Å². The molecule has 2 aromatic rings. The molecule has 0 N–H and O–H groups in total. The van der Waals surface area contributed by atoms with Crippen LogP contribution < -0.4 is 4.74 Å². The van der Waals surface area contributed by atoms with Crippen molar-refractivity contribution in [3.63, 3.8) is 0 Å². The number of ether oxygens (including phenoxy) is 1. The molecular formula is C19H15NO. The van der Waals surface area contributed by atoms with E-state index in [9.17, 15) is 0 Å². The van der Waals surface area contributed by atoms with Crippen LogP contribution in [0.25, 0.3) is 5.57 Å². The number of aliphatic imine (C=N–C) groups is 1. The van der Waals surface area contributed by atoms with Crippen LogP contribution in [0.15, 0.2) is 90.2 Å². The van der Waals surface area contributed by atoms with E-state index in [0.717, 1.165) is 22.6 Å². The summed E-state index contributed by atoms with van der Waals surface area (Å²) in [5.41, 5.74) is 3.18. The minimum Gasteiger partial charge on any atom is -0.464 e. The topological polar surface area (TPSA) is 21.6 Å². The Labute approximate surface area is 124 Å². The minimum atomic E-state index is 0.887. The number of benzene rings is 2. The van der Waals surface area contributed by atoms with Crippen LogP contribution in [0.2, 0.25) is 0 Å². The van der Waals surface area contributed by atoms with Crippen molar-refractivity contribution in [3.8, 4) is 5.75 Å². The molecule has 0 atom stereocenters. The summed E-state index contributed by atoms with van der Waals surface area (Å²) < 4.78 is 5.47. The molecule has 1 aliphatic heterocycles. The Morgan fingerprint density at radius 3 is 2.57 bits per heavy atom. The Hall–Kier alpha value is -2.87. The van der Waals surface area contributed by atoms with Gasteiger partial charge in [-0.15, -0.1) is 0 Å². The van der Waals surface area contributed by atoms with Gasteiger partial charge in [-0.3, -0.25) is 4.99 Å². The van der Waals surface area contributed by atoms with Crippen LogP contribution in [0.5, 0.6) is 5.75 Å². The third kappa shape index (κ3) is 3.37. The molecule has 0 radical (unpaired) electrons. The van der Waals surface area contributed by atoms with Gasteiger partial charge in [0.1, 0.15) is 5.75 Å². The fourth-order valence-electron chi connectivity index (χ4n) is 2.08. The number of rotatable bonds is 3. The van der Waals surface area contributed by atoms with E-state index in [0.29, 0.717) is 0 Å². The standard InChI is InChI=1S/C19H15NO/c1-2-9-17(10-3-1)20-14-7-6-8-16-13-15-21-19-12-5-4-11-18(16)19/h1-15H. The lowest BCUT2D eigenvalue weighted by atomic mass is 10.0. The molecule has 0 bridgehead atoms. The molecule has 2 aromatic carbocycles. The summed E-state index contributed by atoms with van der Waals surface area (Å²) >= 11 is 0. The van der Waals surface area contributed by atoms with Gasteiger partial charge < -0.3 is 4.74 Å². The molecule has 1 heterocycles. The second kappa shape index (κ2) is 6.53. The van der Waals surface area contributed by atoms with Crippen LogP contribution >= 0.6 is 0 Å². The first-order valence-electron chi connectivity index (χ1n) is 6.82. The summed E-state index contributed by atoms with van der Waals surface area (Å²) in [6.07, 6.45) is 11.4. The second-order valence-corrected chi connectivity index (χ2v) is 4.54. The highest BCUT2D eigenvalue weighted by Gasteiger charge is 2.08. The molecule has 0 saturated heterocycles. The van der Waals surface area contributed by atoms with Gasteiger partial charge in [-0.1, -0.05) is 48.6 Å². The zero-order valence-corrected chi connectivity index (χ0v) is 11.5. The van der Waals surface area contributed by atoms with E-state index in [1.807, 2.05) is 66.8 Å². The zero-order chi connectivity index (χ0) is 14.3. The summed E-state index contributed by atoms with van der Waals surface area (Å²) in [4.78, 5) is 4.35. The number of nitrogens with zero attached hydrogens (tertiary/aromatic N) is 1. The Balaban J connectivity index is 1.71. The predicted molar refractivity (Wildman–Crippen MR) is 87.9 cm³/mol. The molecule has 21 heavy (non-hydrogen) atoms. The van der Waals surface area contributed by atoms with Gasteiger partial charge >= 0.3 is 0 Å². The van der Waals surface area contributed by atoms with Crippen LogP contribution in [-0.2, 0) is 0 Å². The number of allylic oxidation sites excluding steroid dienone is 5. The lowest BCUT2D eigenvalue weighted by molar-refractivity contribution is 0.476. The summed E-state index contributed by atoms with van der Waals surface area (Å²) in [5, 5.41) is 0. The van der Waals surface area contributed by atoms with Gasteiger partial charge in [-0.25, -0.2) is 0 Å². The fourth-order valence-corrected chi connectivity index (χ4v) is 2.08. The van der Waals surface area contributed by atoms with Crippen molar-refractivity contribution in [1.82, 2.24) is 0 Å². The molecular weight excluding hydrogens is 258 g/mol. The van der Waals surface area contributed by atoms with Gasteiger partial charge in [0.25, 0.3) is 0 Å². The van der Waals surface area contributed by atoms with Gasteiger partial charge in [-0.2, -0.15) is 0 Å². The molecule has 0 saturated carbocycles. The van der Waals surface area contributed by atoms with Crippen LogP contribution in [0.4, 0.5) is 5.69 Å². The lowest BCUT2D eigenvalue weighted by Gasteiger charge is -2.13. The van der Waals surface area contributed by atoms with Crippen molar-refractivity contribution in [3.05, 3.63) is 90.7 Å². The highest BCUT2D eigenvalue weighted by molar-refractivity contribution is 5.81. The molecule has 0 unspecified atom stereocenters. The van der Waals surface area contributed by atoms with Crippen molar-refractivity contribution in [1.29, 1.82) is 0 Å². The molecule has 1 aliphatic rings. The summed E-state index contributed by atoms with van der Waals surface area (Å²) in [5.74, 6) is 0.887. The molecule has 102 valence electrons. The predicted octanol–water partition coefficient (Wildman–Crippen LogP) is 4.93. The molecule has 2 nitrogen and oxygen atoms in total. The molecule has 0 fully saturated rings. The van der Waals surface area contributed by atoms with Crippen LogP contribution in [0, 0.1) is 0 Å². The van der Waals surface area contributed by atoms with Gasteiger partial charge in [0.15, 0.2) is 0 Å². The SMILES string of the molecule is C(=CC=C1C=COc2ccccc21)C=Nc1ccccc1. The Kier molecular flexibility index (Phi) is 4.08. The van der Waals surface area contributed by atoms with Gasteiger partial charge in [0, 0.05) is 11.8 Å². The van der Waals surface area contributed by atoms with E-state index in [4.69, 9.17) is 4.74 Å². The summed E-state index contributed by atoms with van der Waals surface area (Å²) in [6, 6.07) is 17.9. The average Bonchev–Trinajstić information content (AvgIpc) is 2.56. The number of fused-ring (bicyclic) bond motifs is 1. The average molecular weight is 273 g/mol. The Morgan fingerprint density at radius 1 is 0.857 bits per heavy atom. The van der Waals surface area contributed by atoms with Crippen molar-refractivity contribution >= 4 is 17.5 Å². The van der Waals surface area contributed by atoms with Gasteiger partial charge in [0.05, 0.1) is 11.9 Å². The van der Waals surface area contributed by atoms with Crippen molar-refractivity contribution < 1.29 is 4.74 Å². The first-order valence-corrected chi connectivity index (χ1v) is 6.82. The smallest absolute Gasteiger partial charge is 0.134 e. The monoisotopic (exact) mass is 273 g/mol. The third-order valence-corrected chi connectivity index (χ3v) is 3.09. The molecule has 0 aromatic heterocycles. The highest BCUT2D eigenvalue weighted by atomic mass is 16.5. The molecule has 0 spiro atoms. The van der Waals surface area contributed by atoms with Crippen molar-refractivity contribution in [2.45, 2.75) is 0 Å². The Morgan fingerprint density at radius 2 is 1.67 bits per heavy atom. The second-order valence-electron chi connectivity index (χ2n) is 4.54. The first-order chi connectivity index (χ1) is 10.4. The largest absolute Gasteiger partial charge is 0.464 e. The van der Waals surface area contributed by atoms with Crippen molar-refractivity contribution in [2.75, 3.05) is 0 Å². The van der Waals surface area contributed by atoms with Gasteiger partial charge in [0.2, 0.25) is 0 Å². The van der Waals surface area contributed by atoms with E-state index >= 15 is 0 Å². The first kappa shape index (κ1) is 13.1. The minimum absolute atomic E-state index is 0.887. The lowest BCUT2D eigenvalue weighted by Crippen LogP contribution is -1.94. The van der Waals surface area contributed by atoms with Crippen LogP contribution in [0.1, 0.15) is 5.56 Å². The fraction of sp³-hybridized carbons (Fsp3) is 0. The Bertz CT molecular complexity index is 724. The van der Waals surface area contributed by atoms with E-state index in [1.165, 1.54) is 0 Å². The summed E-state index contributed by atoms with van der Waals surface area (Å²) in [7, 11) is 0. The molecule has 2 heteroatoms. The molecule has 0 aliphatic carbocycles. The van der Waals surface area contributed by atoms with E-state index in [1.54, 1.807) is 12.5 Å². The maximum absolute atomic E-state index is 5.47. The van der Waals surface area contributed by atoms with Crippen LogP contribution in [-0.4, -0.2) is 6.21 Å². The maximum atomic E-state index is 5.47. The number of hydrogen-bond acceptors (Lipinski definition) is 2.